The number of aromatic nitrogens is 1. The Morgan fingerprint density at radius 2 is 2.36 bits per heavy atom. The first-order chi connectivity index (χ1) is 5.34. The minimum Gasteiger partial charge on any atom is -0.399 e. The van der Waals surface area contributed by atoms with Crippen LogP contribution in [0.2, 0.25) is 0 Å². The molecule has 0 unspecified atom stereocenters. The lowest BCUT2D eigenvalue weighted by Crippen LogP contribution is -1.97. The minimum absolute atomic E-state index is 0.785. The molecule has 11 heavy (non-hydrogen) atoms. The fourth-order valence-corrected chi connectivity index (χ4v) is 0.760. The standard InChI is InChI=1S/C8H10N2O/c1-7(10-11-2)8-5-3-4-6-9-8/h3-6H,1-2H3/b10-7-. The largest absolute Gasteiger partial charge is 0.399 e. The van der Waals surface area contributed by atoms with Gasteiger partial charge in [-0.05, 0) is 19.1 Å². The van der Waals surface area contributed by atoms with Gasteiger partial charge in [0.1, 0.15) is 12.8 Å². The highest BCUT2D eigenvalue weighted by atomic mass is 16.6. The van der Waals surface area contributed by atoms with Gasteiger partial charge in [-0.1, -0.05) is 11.2 Å². The maximum Gasteiger partial charge on any atom is 0.106 e. The molecule has 0 bridgehead atoms. The van der Waals surface area contributed by atoms with Crippen molar-refractivity contribution >= 4 is 5.71 Å². The first kappa shape index (κ1) is 7.72. The second kappa shape index (κ2) is 3.71. The molecule has 3 nitrogen and oxygen atoms in total. The predicted octanol–water partition coefficient (Wildman–Crippen LogP) is 1.45. The smallest absolute Gasteiger partial charge is 0.106 e. The van der Waals surface area contributed by atoms with Gasteiger partial charge in [0.15, 0.2) is 0 Å². The summed E-state index contributed by atoms with van der Waals surface area (Å²) < 4.78 is 0. The summed E-state index contributed by atoms with van der Waals surface area (Å²) in [6.07, 6.45) is 1.73. The van der Waals surface area contributed by atoms with E-state index < -0.39 is 0 Å². The summed E-state index contributed by atoms with van der Waals surface area (Å²) in [7, 11) is 1.52. The van der Waals surface area contributed by atoms with Crippen molar-refractivity contribution in [2.24, 2.45) is 5.16 Å². The van der Waals surface area contributed by atoms with E-state index in [-0.39, 0.29) is 0 Å². The molecule has 58 valence electrons. The second-order valence-electron chi connectivity index (χ2n) is 2.07. The van der Waals surface area contributed by atoms with Crippen molar-refractivity contribution in [2.45, 2.75) is 6.92 Å². The molecule has 0 N–H and O–H groups in total. The summed E-state index contributed by atoms with van der Waals surface area (Å²) >= 11 is 0. The summed E-state index contributed by atoms with van der Waals surface area (Å²) in [4.78, 5) is 8.69. The molecule has 0 saturated carbocycles. The molecule has 0 fully saturated rings. The number of rotatable bonds is 2. The van der Waals surface area contributed by atoms with Crippen LogP contribution < -0.4 is 0 Å². The van der Waals surface area contributed by atoms with Crippen molar-refractivity contribution in [3.05, 3.63) is 30.1 Å². The Hall–Kier alpha value is -1.38. The van der Waals surface area contributed by atoms with Gasteiger partial charge in [0.25, 0.3) is 0 Å². The molecule has 0 aromatic carbocycles. The molecule has 1 heterocycles. The Labute approximate surface area is 65.7 Å². The Bertz CT molecular complexity index is 244. The third-order valence-electron chi connectivity index (χ3n) is 1.26. The normalized spacial score (nSPS) is 11.3. The first-order valence-electron chi connectivity index (χ1n) is 3.33. The molecule has 1 aromatic rings. The summed E-state index contributed by atoms with van der Waals surface area (Å²) in [5, 5.41) is 3.75. The first-order valence-corrected chi connectivity index (χ1v) is 3.33. The Balaban J connectivity index is 2.85. The van der Waals surface area contributed by atoms with Crippen LogP contribution in [-0.2, 0) is 4.84 Å². The van der Waals surface area contributed by atoms with Crippen molar-refractivity contribution in [3.63, 3.8) is 0 Å². The average Bonchev–Trinajstić information content (AvgIpc) is 2.07. The highest BCUT2D eigenvalue weighted by Crippen LogP contribution is 1.95. The number of hydrogen-bond acceptors (Lipinski definition) is 3. The van der Waals surface area contributed by atoms with Gasteiger partial charge in [0, 0.05) is 6.20 Å². The van der Waals surface area contributed by atoms with Crippen molar-refractivity contribution in [3.8, 4) is 0 Å². The summed E-state index contributed by atoms with van der Waals surface area (Å²) in [6.45, 7) is 1.85. The fraction of sp³-hybridized carbons (Fsp3) is 0.250. The topological polar surface area (TPSA) is 34.5 Å². The maximum absolute atomic E-state index is 4.61. The molecule has 0 amide bonds. The highest BCUT2D eigenvalue weighted by Gasteiger charge is 1.95. The lowest BCUT2D eigenvalue weighted by Gasteiger charge is -1.96. The quantitative estimate of drug-likeness (QED) is 0.472. The highest BCUT2D eigenvalue weighted by molar-refractivity contribution is 5.96. The van der Waals surface area contributed by atoms with Gasteiger partial charge in [-0.25, -0.2) is 0 Å². The average molecular weight is 150 g/mol. The van der Waals surface area contributed by atoms with Crippen LogP contribution in [0, 0.1) is 0 Å². The van der Waals surface area contributed by atoms with E-state index in [2.05, 4.69) is 15.0 Å². The minimum atomic E-state index is 0.785. The van der Waals surface area contributed by atoms with Gasteiger partial charge in [0.2, 0.25) is 0 Å². The van der Waals surface area contributed by atoms with Crippen LogP contribution in [0.15, 0.2) is 29.6 Å². The second-order valence-corrected chi connectivity index (χ2v) is 2.07. The predicted molar refractivity (Wildman–Crippen MR) is 43.5 cm³/mol. The molecule has 0 radical (unpaired) electrons. The zero-order valence-electron chi connectivity index (χ0n) is 6.61. The molecule has 0 spiro atoms. The van der Waals surface area contributed by atoms with Gasteiger partial charge >= 0.3 is 0 Å². The van der Waals surface area contributed by atoms with Crippen molar-refractivity contribution in [1.82, 2.24) is 4.98 Å². The van der Waals surface area contributed by atoms with E-state index in [1.807, 2.05) is 25.1 Å². The van der Waals surface area contributed by atoms with Crippen molar-refractivity contribution in [1.29, 1.82) is 0 Å². The molecular weight excluding hydrogens is 140 g/mol. The molecular formula is C8H10N2O. The van der Waals surface area contributed by atoms with Crippen molar-refractivity contribution in [2.75, 3.05) is 7.11 Å². The lowest BCUT2D eigenvalue weighted by atomic mass is 10.3. The van der Waals surface area contributed by atoms with E-state index in [0.29, 0.717) is 0 Å². The fourth-order valence-electron chi connectivity index (χ4n) is 0.760. The van der Waals surface area contributed by atoms with Gasteiger partial charge in [-0.3, -0.25) is 4.98 Å². The van der Waals surface area contributed by atoms with E-state index in [1.165, 1.54) is 7.11 Å². The lowest BCUT2D eigenvalue weighted by molar-refractivity contribution is 0.213. The number of hydrogen-bond donors (Lipinski definition) is 0. The van der Waals surface area contributed by atoms with Crippen LogP contribution in [0.4, 0.5) is 0 Å². The van der Waals surface area contributed by atoms with Crippen LogP contribution in [0.3, 0.4) is 0 Å². The Morgan fingerprint density at radius 1 is 1.55 bits per heavy atom. The third kappa shape index (κ3) is 2.04. The monoisotopic (exact) mass is 150 g/mol. The molecule has 0 aliphatic rings. The van der Waals surface area contributed by atoms with E-state index in [4.69, 9.17) is 0 Å². The molecule has 3 heteroatoms. The zero-order valence-corrected chi connectivity index (χ0v) is 6.61. The van der Waals surface area contributed by atoms with E-state index in [1.54, 1.807) is 6.20 Å². The SMILES string of the molecule is CO/N=C(/C)c1ccccn1. The van der Waals surface area contributed by atoms with Crippen LogP contribution in [0.1, 0.15) is 12.6 Å². The van der Waals surface area contributed by atoms with Gasteiger partial charge < -0.3 is 4.84 Å². The summed E-state index contributed by atoms with van der Waals surface area (Å²) in [6, 6.07) is 5.67. The van der Waals surface area contributed by atoms with E-state index in [0.717, 1.165) is 11.4 Å². The number of nitrogens with zero attached hydrogens (tertiary/aromatic N) is 2. The van der Waals surface area contributed by atoms with E-state index in [9.17, 15) is 0 Å². The van der Waals surface area contributed by atoms with Crippen LogP contribution in [0.5, 0.6) is 0 Å². The number of oxime groups is 1. The summed E-state index contributed by atoms with van der Waals surface area (Å²) in [5.41, 5.74) is 1.63. The molecule has 0 saturated heterocycles. The van der Waals surface area contributed by atoms with Gasteiger partial charge in [-0.2, -0.15) is 0 Å². The number of pyridine rings is 1. The molecule has 0 aliphatic carbocycles. The molecule has 0 atom stereocenters. The van der Waals surface area contributed by atoms with Crippen LogP contribution in [0.25, 0.3) is 0 Å². The molecule has 0 aliphatic heterocycles. The Morgan fingerprint density at radius 3 is 2.91 bits per heavy atom. The van der Waals surface area contributed by atoms with E-state index >= 15 is 0 Å². The molecule has 1 rings (SSSR count). The van der Waals surface area contributed by atoms with Crippen molar-refractivity contribution < 1.29 is 4.84 Å². The molecule has 1 aromatic heterocycles. The maximum atomic E-state index is 4.61. The van der Waals surface area contributed by atoms with Crippen LogP contribution in [-0.4, -0.2) is 17.8 Å². The van der Waals surface area contributed by atoms with Gasteiger partial charge in [-0.15, -0.1) is 0 Å². The zero-order chi connectivity index (χ0) is 8.10. The van der Waals surface area contributed by atoms with Gasteiger partial charge in [0.05, 0.1) is 5.69 Å². The third-order valence-corrected chi connectivity index (χ3v) is 1.26. The Kier molecular flexibility index (Phi) is 2.60. The van der Waals surface area contributed by atoms with Crippen LogP contribution >= 0.6 is 0 Å². The summed E-state index contributed by atoms with van der Waals surface area (Å²) in [5.74, 6) is 0.